The van der Waals surface area contributed by atoms with Gasteiger partial charge < -0.3 is 24.8 Å². The molecule has 0 unspecified atom stereocenters. The molecule has 0 atom stereocenters. The zero-order valence-electron chi connectivity index (χ0n) is 25.1. The van der Waals surface area contributed by atoms with E-state index in [2.05, 4.69) is 31.2 Å². The first kappa shape index (κ1) is 108. The van der Waals surface area contributed by atoms with Crippen molar-refractivity contribution in [1.82, 2.24) is 0 Å². The molecule has 0 bridgehead atoms. The molecule has 2 aliphatic rings. The third-order valence-corrected chi connectivity index (χ3v) is 4.77. The molecule has 0 amide bonds. The Morgan fingerprint density at radius 1 is 0.543 bits per heavy atom. The molecule has 23 heteroatoms. The molecular weight excluding hydrogens is 2910 g/mol. The predicted molar refractivity (Wildman–Crippen MR) is 103 cm³/mol. The summed E-state index contributed by atoms with van der Waals surface area (Å²) in [6.07, 6.45) is 5.90. The second kappa shape index (κ2) is 62.6. The number of rotatable bonds is 2. The molecule has 0 aromatic heterocycles. The standard InChI is InChI=1S/C12H13O2.C11H11O3.10W.8Y/c1-3-10-5-4-9-7-11(13)8(2)6-12(9)14-10;1-7-4-11-8(5-10(7)13)2-3-9(6-12)14-11;;;;;;;;;;;;;;;;;;/h13H,3-5H2,1-2H3;12-13H,2-3,6H2,1H3;;;;;;;;;;;;;;;;;;/q2*-3;;;;;;;;;;;;;;;;;;. The number of aromatic hydroxyl groups is 2. The van der Waals surface area contributed by atoms with Crippen molar-refractivity contribution in [2.75, 3.05) is 6.61 Å². The van der Waals surface area contributed by atoms with Crippen molar-refractivity contribution in [2.45, 2.75) is 52.9 Å². The van der Waals surface area contributed by atoms with Crippen LogP contribution in [0.15, 0.2) is 0 Å². The second-order valence-corrected chi connectivity index (χ2v) is 6.86. The van der Waals surface area contributed by atoms with Gasteiger partial charge in [0.1, 0.15) is 0 Å². The molecule has 2 aliphatic heterocycles. The van der Waals surface area contributed by atoms with Crippen molar-refractivity contribution in [3.63, 3.8) is 0 Å². The zero-order chi connectivity index (χ0) is 20.3. The summed E-state index contributed by atoms with van der Waals surface area (Å²) in [6.45, 7) is 5.56. The minimum absolute atomic E-state index is 0. The number of ether oxygens (including phenoxy) is 2. The van der Waals surface area contributed by atoms with Gasteiger partial charge in [0.15, 0.2) is 0 Å². The van der Waals surface area contributed by atoms with Crippen LogP contribution in [-0.2, 0) is 485 Å². The maximum Gasteiger partial charge on any atom is 0 e. The van der Waals surface area contributed by atoms with E-state index in [9.17, 15) is 10.2 Å². The largest absolute Gasteiger partial charge is 0.732 e. The van der Waals surface area contributed by atoms with Crippen molar-refractivity contribution in [3.05, 3.63) is 58.7 Å². The first-order valence-corrected chi connectivity index (χ1v) is 9.41. The van der Waals surface area contributed by atoms with Gasteiger partial charge in [0.2, 0.25) is 0 Å². The van der Waals surface area contributed by atoms with E-state index < -0.39 is 0 Å². The number of aliphatic hydroxyl groups is 1. The van der Waals surface area contributed by atoms with Crippen molar-refractivity contribution in [2.24, 2.45) is 0 Å². The smallest absolute Gasteiger partial charge is 0 e. The van der Waals surface area contributed by atoms with E-state index in [4.69, 9.17) is 14.6 Å². The normalized spacial score (nSPS) is 9.83. The van der Waals surface area contributed by atoms with E-state index in [0.717, 1.165) is 48.7 Å². The number of hydrogen-bond donors (Lipinski definition) is 3. The minimum Gasteiger partial charge on any atom is -0.732 e. The Balaban J connectivity index is -0.0000000201. The van der Waals surface area contributed by atoms with Gasteiger partial charge >= 0.3 is 0 Å². The molecule has 0 saturated carbocycles. The molecule has 0 saturated heterocycles. The van der Waals surface area contributed by atoms with Gasteiger partial charge in [-0.3, -0.25) is 24.3 Å². The van der Waals surface area contributed by atoms with Crippen LogP contribution >= 0.6 is 0 Å². The third kappa shape index (κ3) is 40.1. The summed E-state index contributed by atoms with van der Waals surface area (Å²) < 4.78 is 11.0. The van der Waals surface area contributed by atoms with Gasteiger partial charge in [0.05, 0.1) is 0 Å². The Kier molecular flexibility index (Phi) is 146. The summed E-state index contributed by atoms with van der Waals surface area (Å²) in [6, 6.07) is 11.7. The molecular formula is C23H24O5W10Y8-6. The number of aryl methyl sites for hydroxylation is 4. The Labute approximate surface area is 621 Å². The Morgan fingerprint density at radius 3 is 1.11 bits per heavy atom. The van der Waals surface area contributed by atoms with Gasteiger partial charge in [0, 0.05) is 472 Å². The fourth-order valence-electron chi connectivity index (χ4n) is 3.00. The fraction of sp³-hybridized carbons (Fsp3) is 0.391. The molecule has 236 valence electrons. The quantitative estimate of drug-likeness (QED) is 0.401. The number of aliphatic hydroxyl groups excluding tert-OH is 1. The molecule has 4 rings (SSSR count). The van der Waals surface area contributed by atoms with E-state index in [1.54, 1.807) is 13.8 Å². The summed E-state index contributed by atoms with van der Waals surface area (Å²) in [5.74, 6) is 1.63. The molecule has 2 aromatic rings. The predicted octanol–water partition coefficient (Wildman–Crippen LogP) is 3.67. The average Bonchev–Trinajstić information content (AvgIpc) is 2.69. The van der Waals surface area contributed by atoms with Crippen LogP contribution in [0, 0.1) is 50.3 Å². The molecule has 46 heavy (non-hydrogen) atoms. The van der Waals surface area contributed by atoms with Crippen LogP contribution in [0.25, 0.3) is 0 Å². The minimum atomic E-state index is -0.0623. The molecule has 0 aliphatic carbocycles. The maximum absolute atomic E-state index is 9.45. The number of phenolic OH excluding ortho intramolecular Hbond substituents is 2. The van der Waals surface area contributed by atoms with Crippen molar-refractivity contribution < 1.29 is 497 Å². The van der Waals surface area contributed by atoms with Crippen LogP contribution in [0.3, 0.4) is 0 Å². The van der Waals surface area contributed by atoms with Crippen LogP contribution in [0.2, 0.25) is 0 Å². The summed E-state index contributed by atoms with van der Waals surface area (Å²) in [5, 5.41) is 27.8. The number of hydrogen-bond acceptors (Lipinski definition) is 5. The first-order valence-electron chi connectivity index (χ1n) is 9.41. The van der Waals surface area contributed by atoms with Gasteiger partial charge in [0.25, 0.3) is 0 Å². The topological polar surface area (TPSA) is 79.2 Å². The SMILES string of the molecule is CC[C-]1CCc2[c-]c(O)c(C)[c-]c2O1.Cc1[c-]c2c([c-]c1O)CC[C-](CO)O2.[W].[W].[W].[W].[W].[W].[W].[W].[W].[W].[Y].[Y].[Y].[Y].[Y].[Y].[Y].[Y]. The van der Waals surface area contributed by atoms with Crippen molar-refractivity contribution >= 4 is 0 Å². The van der Waals surface area contributed by atoms with Crippen LogP contribution < -0.4 is 9.47 Å². The van der Waals surface area contributed by atoms with Crippen LogP contribution in [0.5, 0.6) is 23.0 Å². The number of benzene rings is 2. The Hall–Kier alpha value is 13.3. The fourth-order valence-corrected chi connectivity index (χ4v) is 3.00. The van der Waals surface area contributed by atoms with E-state index in [1.807, 2.05) is 0 Å². The van der Waals surface area contributed by atoms with Crippen molar-refractivity contribution in [1.29, 1.82) is 0 Å². The number of fused-ring (bicyclic) bond motifs is 2. The van der Waals surface area contributed by atoms with Gasteiger partial charge in [-0.05, 0) is 6.61 Å². The van der Waals surface area contributed by atoms with Crippen molar-refractivity contribution in [3.8, 4) is 23.0 Å². The maximum atomic E-state index is 9.45. The van der Waals surface area contributed by atoms with E-state index >= 15 is 0 Å². The number of phenols is 2. The average molecular weight is 2930 g/mol. The molecule has 3 N–H and O–H groups in total. The summed E-state index contributed by atoms with van der Waals surface area (Å²) in [5.41, 5.74) is 3.07. The molecule has 2 aromatic carbocycles. The van der Waals surface area contributed by atoms with Gasteiger partial charge in [-0.15, -0.1) is 62.2 Å². The molecule has 0 fully saturated rings. The van der Waals surface area contributed by atoms with Crippen LogP contribution in [0.4, 0.5) is 0 Å². The third-order valence-electron chi connectivity index (χ3n) is 4.77. The summed E-state index contributed by atoms with van der Waals surface area (Å²) >= 11 is 0. The van der Waals surface area contributed by atoms with Crippen LogP contribution in [0.1, 0.15) is 48.4 Å². The van der Waals surface area contributed by atoms with E-state index in [0.29, 0.717) is 29.4 Å². The second-order valence-electron chi connectivity index (χ2n) is 6.86. The zero-order valence-corrected chi connectivity index (χ0v) is 77.1. The molecule has 2 heterocycles. The molecule has 8 radical (unpaired) electrons. The monoisotopic (exact) mass is 2930 g/mol. The van der Waals surface area contributed by atoms with Gasteiger partial charge in [-0.1, -0.05) is 6.92 Å². The van der Waals surface area contributed by atoms with Crippen LogP contribution in [-0.4, -0.2) is 21.9 Å². The van der Waals surface area contributed by atoms with Gasteiger partial charge in [-0.25, -0.2) is 22.3 Å². The van der Waals surface area contributed by atoms with E-state index in [1.165, 1.54) is 0 Å². The Morgan fingerprint density at radius 2 is 0.826 bits per heavy atom. The van der Waals surface area contributed by atoms with E-state index in [-0.39, 0.29) is 490 Å². The summed E-state index contributed by atoms with van der Waals surface area (Å²) in [7, 11) is 0. The molecule has 0 spiro atoms. The summed E-state index contributed by atoms with van der Waals surface area (Å²) in [4.78, 5) is 0. The van der Waals surface area contributed by atoms with Gasteiger partial charge in [-0.2, -0.15) is 18.9 Å². The molecule has 5 nitrogen and oxygen atoms in total. The Bertz CT molecular complexity index is 823. The first-order chi connectivity index (χ1) is 13.4.